The number of halogens is 2. The largest absolute Gasteiger partial charge is 0.341 e. The minimum absolute atomic E-state index is 0. The van der Waals surface area contributed by atoms with Crippen molar-refractivity contribution in [3.8, 4) is 0 Å². The maximum atomic E-state index is 12.9. The van der Waals surface area contributed by atoms with Crippen LogP contribution in [0.2, 0.25) is 5.02 Å². The number of hydrogen-bond donors (Lipinski definition) is 3. The molecule has 2 aromatic rings. The van der Waals surface area contributed by atoms with Gasteiger partial charge < -0.3 is 10.6 Å². The maximum absolute atomic E-state index is 12.9. The number of aromatic nitrogens is 2. The normalized spacial score (nSPS) is 18.3. The highest BCUT2D eigenvalue weighted by molar-refractivity contribution is 6.30. The van der Waals surface area contributed by atoms with Gasteiger partial charge in [-0.25, -0.2) is 0 Å². The van der Waals surface area contributed by atoms with Crippen LogP contribution in [0.5, 0.6) is 0 Å². The van der Waals surface area contributed by atoms with Gasteiger partial charge in [-0.15, -0.1) is 12.4 Å². The van der Waals surface area contributed by atoms with Gasteiger partial charge in [0.2, 0.25) is 0 Å². The molecular weight excluding hydrogens is 359 g/mol. The van der Waals surface area contributed by atoms with Crippen molar-refractivity contribution in [2.75, 3.05) is 6.54 Å². The number of amides is 1. The van der Waals surface area contributed by atoms with Gasteiger partial charge in [-0.1, -0.05) is 36.6 Å². The standard InChI is InChI=1S/C18H21ClN4O.ClH/c19-13-5-3-12(4-6-13)18(8-1-2-9-18)21-17(24)16-14-11-20-10-7-15(14)22-23-16;/h3-6,20H,1-2,7-11H2,(H,21,24)(H,22,23);1H. The first-order chi connectivity index (χ1) is 11.7. The second-order valence-electron chi connectivity index (χ2n) is 6.71. The van der Waals surface area contributed by atoms with Crippen molar-refractivity contribution in [1.82, 2.24) is 20.8 Å². The Kier molecular flexibility index (Phi) is 5.37. The van der Waals surface area contributed by atoms with Gasteiger partial charge in [0, 0.05) is 35.8 Å². The fourth-order valence-corrected chi connectivity index (χ4v) is 4.05. The van der Waals surface area contributed by atoms with E-state index in [0.717, 1.165) is 55.5 Å². The van der Waals surface area contributed by atoms with Crippen molar-refractivity contribution in [3.05, 3.63) is 51.8 Å². The number of carbonyl (C=O) groups is 1. The predicted octanol–water partition coefficient (Wildman–Crippen LogP) is 3.33. The summed E-state index contributed by atoms with van der Waals surface area (Å²) in [4.78, 5) is 12.9. The van der Waals surface area contributed by atoms with Gasteiger partial charge in [0.1, 0.15) is 0 Å². The molecule has 1 aliphatic heterocycles. The molecule has 0 saturated heterocycles. The summed E-state index contributed by atoms with van der Waals surface area (Å²) in [5.74, 6) is -0.0898. The Morgan fingerprint density at radius 2 is 1.92 bits per heavy atom. The van der Waals surface area contributed by atoms with Gasteiger partial charge in [0.25, 0.3) is 5.91 Å². The van der Waals surface area contributed by atoms with Crippen LogP contribution >= 0.6 is 24.0 Å². The molecule has 1 aromatic carbocycles. The van der Waals surface area contributed by atoms with E-state index in [-0.39, 0.29) is 23.9 Å². The third-order valence-electron chi connectivity index (χ3n) is 5.23. The fourth-order valence-electron chi connectivity index (χ4n) is 3.92. The number of carbonyl (C=O) groups excluding carboxylic acids is 1. The lowest BCUT2D eigenvalue weighted by atomic mass is 9.88. The van der Waals surface area contributed by atoms with E-state index in [2.05, 4.69) is 20.8 Å². The lowest BCUT2D eigenvalue weighted by molar-refractivity contribution is 0.0891. The molecule has 2 heterocycles. The van der Waals surface area contributed by atoms with E-state index in [1.54, 1.807) is 0 Å². The zero-order chi connectivity index (χ0) is 16.6. The molecule has 2 aliphatic rings. The van der Waals surface area contributed by atoms with Crippen LogP contribution in [-0.4, -0.2) is 22.6 Å². The second kappa shape index (κ2) is 7.36. The summed E-state index contributed by atoms with van der Waals surface area (Å²) in [5.41, 5.74) is 3.42. The van der Waals surface area contributed by atoms with Crippen molar-refractivity contribution >= 4 is 29.9 Å². The monoisotopic (exact) mass is 380 g/mol. The first kappa shape index (κ1) is 18.2. The maximum Gasteiger partial charge on any atom is 0.272 e. The molecule has 0 unspecified atom stereocenters. The van der Waals surface area contributed by atoms with Crippen molar-refractivity contribution < 1.29 is 4.79 Å². The minimum Gasteiger partial charge on any atom is -0.341 e. The number of rotatable bonds is 3. The summed E-state index contributed by atoms with van der Waals surface area (Å²) in [6.45, 7) is 1.62. The molecule has 1 saturated carbocycles. The van der Waals surface area contributed by atoms with Crippen molar-refractivity contribution in [1.29, 1.82) is 0 Å². The van der Waals surface area contributed by atoms with E-state index >= 15 is 0 Å². The van der Waals surface area contributed by atoms with E-state index in [0.29, 0.717) is 17.3 Å². The van der Waals surface area contributed by atoms with Gasteiger partial charge in [0.15, 0.2) is 5.69 Å². The average Bonchev–Trinajstić information content (AvgIpc) is 3.23. The molecule has 0 bridgehead atoms. The molecule has 1 aliphatic carbocycles. The molecule has 0 spiro atoms. The summed E-state index contributed by atoms with van der Waals surface area (Å²) in [6, 6.07) is 7.83. The topological polar surface area (TPSA) is 69.8 Å². The second-order valence-corrected chi connectivity index (χ2v) is 7.14. The first-order valence-corrected chi connectivity index (χ1v) is 8.91. The molecule has 134 valence electrons. The Balaban J connectivity index is 0.00000182. The molecule has 0 radical (unpaired) electrons. The van der Waals surface area contributed by atoms with Crippen LogP contribution in [-0.2, 0) is 18.5 Å². The van der Waals surface area contributed by atoms with Gasteiger partial charge in [-0.3, -0.25) is 9.89 Å². The zero-order valence-corrected chi connectivity index (χ0v) is 15.5. The number of hydrogen-bond acceptors (Lipinski definition) is 3. The lowest BCUT2D eigenvalue weighted by Gasteiger charge is -2.31. The Morgan fingerprint density at radius 3 is 2.64 bits per heavy atom. The van der Waals surface area contributed by atoms with Gasteiger partial charge in [0.05, 0.1) is 5.54 Å². The Morgan fingerprint density at radius 1 is 1.20 bits per heavy atom. The number of H-pyrrole nitrogens is 1. The third-order valence-corrected chi connectivity index (χ3v) is 5.48. The molecule has 5 nitrogen and oxygen atoms in total. The summed E-state index contributed by atoms with van der Waals surface area (Å²) in [7, 11) is 0. The van der Waals surface area contributed by atoms with Gasteiger partial charge in [-0.05, 0) is 30.5 Å². The van der Waals surface area contributed by atoms with Crippen LogP contribution in [0.4, 0.5) is 0 Å². The number of fused-ring (bicyclic) bond motifs is 1. The molecule has 7 heteroatoms. The number of nitrogens with zero attached hydrogens (tertiary/aromatic N) is 1. The van der Waals surface area contributed by atoms with Crippen LogP contribution in [0.3, 0.4) is 0 Å². The average molecular weight is 381 g/mol. The van der Waals surface area contributed by atoms with Crippen LogP contribution in [0, 0.1) is 0 Å². The SMILES string of the molecule is Cl.O=C(NC1(c2ccc(Cl)cc2)CCCC1)c1n[nH]c2c1CNCC2. The summed E-state index contributed by atoms with van der Waals surface area (Å²) in [6.07, 6.45) is 5.01. The zero-order valence-electron chi connectivity index (χ0n) is 13.9. The molecule has 4 rings (SSSR count). The predicted molar refractivity (Wildman–Crippen MR) is 100 cm³/mol. The van der Waals surface area contributed by atoms with Crippen molar-refractivity contribution in [3.63, 3.8) is 0 Å². The molecular formula is C18H22Cl2N4O. The van der Waals surface area contributed by atoms with Crippen molar-refractivity contribution in [2.24, 2.45) is 0 Å². The summed E-state index contributed by atoms with van der Waals surface area (Å²) >= 11 is 6.02. The van der Waals surface area contributed by atoms with Crippen LogP contribution in [0.1, 0.15) is 53.0 Å². The highest BCUT2D eigenvalue weighted by Crippen LogP contribution is 2.39. The molecule has 3 N–H and O–H groups in total. The smallest absolute Gasteiger partial charge is 0.272 e. The highest BCUT2D eigenvalue weighted by Gasteiger charge is 2.38. The number of aromatic amines is 1. The van der Waals surface area contributed by atoms with Crippen LogP contribution in [0.25, 0.3) is 0 Å². The Labute approximate surface area is 158 Å². The summed E-state index contributed by atoms with van der Waals surface area (Å²) < 4.78 is 0. The molecule has 1 fully saturated rings. The van der Waals surface area contributed by atoms with E-state index < -0.39 is 0 Å². The van der Waals surface area contributed by atoms with E-state index in [1.165, 1.54) is 0 Å². The highest BCUT2D eigenvalue weighted by atomic mass is 35.5. The van der Waals surface area contributed by atoms with E-state index in [9.17, 15) is 4.79 Å². The fraction of sp³-hybridized carbons (Fsp3) is 0.444. The Bertz CT molecular complexity index is 751. The number of benzene rings is 1. The van der Waals surface area contributed by atoms with Crippen LogP contribution < -0.4 is 10.6 Å². The molecule has 1 amide bonds. The minimum atomic E-state index is -0.310. The van der Waals surface area contributed by atoms with Gasteiger partial charge >= 0.3 is 0 Å². The van der Waals surface area contributed by atoms with Crippen molar-refractivity contribution in [2.45, 2.75) is 44.2 Å². The quantitative estimate of drug-likeness (QED) is 0.764. The molecule has 25 heavy (non-hydrogen) atoms. The molecule has 1 aromatic heterocycles. The first-order valence-electron chi connectivity index (χ1n) is 8.53. The molecule has 0 atom stereocenters. The van der Waals surface area contributed by atoms with Crippen LogP contribution in [0.15, 0.2) is 24.3 Å². The Hall–Kier alpha value is -1.56. The van der Waals surface area contributed by atoms with E-state index in [4.69, 9.17) is 11.6 Å². The summed E-state index contributed by atoms with van der Waals surface area (Å²) in [5, 5.41) is 14.6. The van der Waals surface area contributed by atoms with E-state index in [1.807, 2.05) is 24.3 Å². The number of nitrogens with one attached hydrogen (secondary N) is 3. The lowest BCUT2D eigenvalue weighted by Crippen LogP contribution is -2.44. The van der Waals surface area contributed by atoms with Gasteiger partial charge in [-0.2, -0.15) is 5.10 Å². The third kappa shape index (κ3) is 3.41.